The van der Waals surface area contributed by atoms with Crippen molar-refractivity contribution >= 4 is 11.1 Å². The molecule has 27 heavy (non-hydrogen) atoms. The Labute approximate surface area is 162 Å². The van der Waals surface area contributed by atoms with Gasteiger partial charge in [-0.1, -0.05) is 79.7 Å². The Morgan fingerprint density at radius 3 is 1.74 bits per heavy atom. The summed E-state index contributed by atoms with van der Waals surface area (Å²) in [6.07, 6.45) is 0.965. The Kier molecular flexibility index (Phi) is 6.45. The molecule has 0 saturated heterocycles. The highest BCUT2D eigenvalue weighted by Crippen LogP contribution is 2.34. The summed E-state index contributed by atoms with van der Waals surface area (Å²) in [6, 6.07) is 29.7. The first-order valence-corrected chi connectivity index (χ1v) is 9.41. The van der Waals surface area contributed by atoms with E-state index in [1.165, 1.54) is 27.8 Å². The SMILES string of the molecule is CC/C(=C(\c1ccccc1)c1ccc(OCN(C)C)cc1)c1ccccc1. The summed E-state index contributed by atoms with van der Waals surface area (Å²) in [5.74, 6) is 0.887. The van der Waals surface area contributed by atoms with Gasteiger partial charge in [-0.25, -0.2) is 0 Å². The van der Waals surface area contributed by atoms with Crippen LogP contribution >= 0.6 is 0 Å². The topological polar surface area (TPSA) is 12.5 Å². The van der Waals surface area contributed by atoms with Gasteiger partial charge in [0.05, 0.1) is 0 Å². The number of allylic oxidation sites excluding steroid dienone is 1. The molecule has 2 heteroatoms. The van der Waals surface area contributed by atoms with Gasteiger partial charge in [0.25, 0.3) is 0 Å². The Balaban J connectivity index is 2.07. The number of nitrogens with zero attached hydrogens (tertiary/aromatic N) is 1. The lowest BCUT2D eigenvalue weighted by atomic mass is 9.88. The van der Waals surface area contributed by atoms with E-state index in [0.717, 1.165) is 12.2 Å². The fraction of sp³-hybridized carbons (Fsp3) is 0.200. The zero-order valence-corrected chi connectivity index (χ0v) is 16.4. The first kappa shape index (κ1) is 18.9. The third-order valence-corrected chi connectivity index (χ3v) is 4.47. The van der Waals surface area contributed by atoms with Crippen molar-refractivity contribution in [3.8, 4) is 5.75 Å². The zero-order chi connectivity index (χ0) is 19.1. The van der Waals surface area contributed by atoms with Gasteiger partial charge in [0.2, 0.25) is 0 Å². The minimum Gasteiger partial charge on any atom is -0.478 e. The molecular formula is C25H27NO. The van der Waals surface area contributed by atoms with Crippen LogP contribution in [0.1, 0.15) is 30.0 Å². The number of ether oxygens (including phenoxy) is 1. The highest BCUT2D eigenvalue weighted by atomic mass is 16.5. The third-order valence-electron chi connectivity index (χ3n) is 4.47. The molecule has 3 rings (SSSR count). The Morgan fingerprint density at radius 2 is 1.22 bits per heavy atom. The molecule has 0 heterocycles. The second-order valence-electron chi connectivity index (χ2n) is 6.82. The highest BCUT2D eigenvalue weighted by Gasteiger charge is 2.12. The van der Waals surface area contributed by atoms with Crippen LogP contribution in [-0.2, 0) is 0 Å². The van der Waals surface area contributed by atoms with E-state index in [0.29, 0.717) is 6.73 Å². The number of rotatable bonds is 7. The monoisotopic (exact) mass is 357 g/mol. The molecule has 0 saturated carbocycles. The minimum absolute atomic E-state index is 0.574. The molecule has 0 atom stereocenters. The number of benzene rings is 3. The van der Waals surface area contributed by atoms with Crippen molar-refractivity contribution < 1.29 is 4.74 Å². The molecule has 0 unspecified atom stereocenters. The molecule has 0 aliphatic rings. The fourth-order valence-corrected chi connectivity index (χ4v) is 3.21. The Bertz CT molecular complexity index is 865. The predicted octanol–water partition coefficient (Wildman–Crippen LogP) is 5.95. The van der Waals surface area contributed by atoms with Crippen molar-refractivity contribution in [1.29, 1.82) is 0 Å². The molecule has 2 nitrogen and oxygen atoms in total. The maximum atomic E-state index is 5.79. The van der Waals surface area contributed by atoms with Crippen LogP contribution in [0.3, 0.4) is 0 Å². The fourth-order valence-electron chi connectivity index (χ4n) is 3.21. The lowest BCUT2D eigenvalue weighted by molar-refractivity contribution is 0.179. The van der Waals surface area contributed by atoms with Crippen LogP contribution in [0.15, 0.2) is 84.9 Å². The van der Waals surface area contributed by atoms with Crippen LogP contribution in [0.25, 0.3) is 11.1 Å². The van der Waals surface area contributed by atoms with E-state index in [1.807, 2.05) is 19.0 Å². The van der Waals surface area contributed by atoms with Crippen LogP contribution in [0.5, 0.6) is 5.75 Å². The summed E-state index contributed by atoms with van der Waals surface area (Å²) in [4.78, 5) is 2.01. The van der Waals surface area contributed by atoms with E-state index < -0.39 is 0 Å². The van der Waals surface area contributed by atoms with Gasteiger partial charge in [-0.3, -0.25) is 4.90 Å². The van der Waals surface area contributed by atoms with Crippen molar-refractivity contribution in [3.63, 3.8) is 0 Å². The number of hydrogen-bond donors (Lipinski definition) is 0. The van der Waals surface area contributed by atoms with E-state index in [2.05, 4.69) is 91.9 Å². The van der Waals surface area contributed by atoms with Gasteiger partial charge in [-0.15, -0.1) is 0 Å². The summed E-state index contributed by atoms with van der Waals surface area (Å²) in [6.45, 7) is 2.80. The van der Waals surface area contributed by atoms with Crippen LogP contribution in [0, 0.1) is 0 Å². The molecule has 138 valence electrons. The van der Waals surface area contributed by atoms with Crippen molar-refractivity contribution in [1.82, 2.24) is 4.90 Å². The predicted molar refractivity (Wildman–Crippen MR) is 115 cm³/mol. The molecule has 0 amide bonds. The average molecular weight is 357 g/mol. The number of hydrogen-bond acceptors (Lipinski definition) is 2. The highest BCUT2D eigenvalue weighted by molar-refractivity contribution is 5.98. The van der Waals surface area contributed by atoms with Gasteiger partial charge in [0.1, 0.15) is 12.5 Å². The van der Waals surface area contributed by atoms with Crippen molar-refractivity contribution in [2.24, 2.45) is 0 Å². The molecule has 0 bridgehead atoms. The molecule has 3 aromatic rings. The second kappa shape index (κ2) is 9.20. The summed E-state index contributed by atoms with van der Waals surface area (Å²) >= 11 is 0. The molecule has 0 N–H and O–H groups in total. The minimum atomic E-state index is 0.574. The lowest BCUT2D eigenvalue weighted by Gasteiger charge is -2.17. The molecule has 3 aromatic carbocycles. The Hall–Kier alpha value is -2.84. The largest absolute Gasteiger partial charge is 0.478 e. The van der Waals surface area contributed by atoms with E-state index in [4.69, 9.17) is 4.74 Å². The summed E-state index contributed by atoms with van der Waals surface area (Å²) in [5, 5.41) is 0. The molecular weight excluding hydrogens is 330 g/mol. The smallest absolute Gasteiger partial charge is 0.141 e. The lowest BCUT2D eigenvalue weighted by Crippen LogP contribution is -2.18. The summed E-state index contributed by atoms with van der Waals surface area (Å²) in [7, 11) is 4.00. The van der Waals surface area contributed by atoms with Crippen LogP contribution in [-0.4, -0.2) is 25.7 Å². The molecule has 0 aliphatic heterocycles. The zero-order valence-electron chi connectivity index (χ0n) is 16.4. The maximum Gasteiger partial charge on any atom is 0.141 e. The first-order chi connectivity index (χ1) is 13.2. The quantitative estimate of drug-likeness (QED) is 0.382. The van der Waals surface area contributed by atoms with E-state index in [-0.39, 0.29) is 0 Å². The van der Waals surface area contributed by atoms with Crippen molar-refractivity contribution in [3.05, 3.63) is 102 Å². The molecule has 0 radical (unpaired) electrons. The Morgan fingerprint density at radius 1 is 0.704 bits per heavy atom. The van der Waals surface area contributed by atoms with E-state index in [1.54, 1.807) is 0 Å². The molecule has 0 fully saturated rings. The van der Waals surface area contributed by atoms with Gasteiger partial charge < -0.3 is 4.74 Å². The second-order valence-corrected chi connectivity index (χ2v) is 6.82. The summed E-state index contributed by atoms with van der Waals surface area (Å²) < 4.78 is 5.79. The van der Waals surface area contributed by atoms with Gasteiger partial charge in [-0.2, -0.15) is 0 Å². The standard InChI is InChI=1S/C25H27NO/c1-4-24(20-11-7-5-8-12-20)25(21-13-9-6-10-14-21)22-15-17-23(18-16-22)27-19-26(2)3/h5-18H,4,19H2,1-3H3/b25-24-. The van der Waals surface area contributed by atoms with E-state index >= 15 is 0 Å². The molecule has 0 aromatic heterocycles. The van der Waals surface area contributed by atoms with Gasteiger partial charge in [-0.05, 0) is 60.5 Å². The van der Waals surface area contributed by atoms with Crippen LogP contribution in [0.4, 0.5) is 0 Å². The van der Waals surface area contributed by atoms with Gasteiger partial charge in [0, 0.05) is 0 Å². The molecule has 0 spiro atoms. The van der Waals surface area contributed by atoms with Gasteiger partial charge in [0.15, 0.2) is 0 Å². The maximum absolute atomic E-state index is 5.79. The summed E-state index contributed by atoms with van der Waals surface area (Å²) in [5.41, 5.74) is 6.35. The van der Waals surface area contributed by atoms with Gasteiger partial charge >= 0.3 is 0 Å². The van der Waals surface area contributed by atoms with Crippen LogP contribution < -0.4 is 4.74 Å². The van der Waals surface area contributed by atoms with Crippen molar-refractivity contribution in [2.45, 2.75) is 13.3 Å². The first-order valence-electron chi connectivity index (χ1n) is 9.41. The molecule has 0 aliphatic carbocycles. The third kappa shape index (κ3) is 4.87. The van der Waals surface area contributed by atoms with Crippen molar-refractivity contribution in [2.75, 3.05) is 20.8 Å². The normalized spacial score (nSPS) is 12.0. The van der Waals surface area contributed by atoms with E-state index in [9.17, 15) is 0 Å². The average Bonchev–Trinajstić information content (AvgIpc) is 2.72. The van der Waals surface area contributed by atoms with Crippen LogP contribution in [0.2, 0.25) is 0 Å².